The molecule has 0 saturated heterocycles. The van der Waals surface area contributed by atoms with Crippen molar-refractivity contribution >= 4 is 53.9 Å². The summed E-state index contributed by atoms with van der Waals surface area (Å²) in [4.78, 5) is -0.254. The summed E-state index contributed by atoms with van der Waals surface area (Å²) >= 11 is 3.33. The van der Waals surface area contributed by atoms with Gasteiger partial charge in [-0.1, -0.05) is 46.3 Å². The van der Waals surface area contributed by atoms with Crippen molar-refractivity contribution in [2.24, 2.45) is 10.2 Å². The van der Waals surface area contributed by atoms with E-state index in [9.17, 15) is 13.0 Å². The average molecular weight is 430 g/mol. The first-order chi connectivity index (χ1) is 11.4. The molecule has 0 radical (unpaired) electrons. The third-order valence-electron chi connectivity index (χ3n) is 3.39. The minimum absolute atomic E-state index is 0. The summed E-state index contributed by atoms with van der Waals surface area (Å²) in [5, 5.41) is 8.93. The van der Waals surface area contributed by atoms with Gasteiger partial charge in [-0.05, 0) is 24.3 Å². The van der Waals surface area contributed by atoms with Gasteiger partial charge in [0.05, 0.1) is 11.4 Å². The molecule has 3 rings (SSSR count). The Balaban J connectivity index is 0.00000169. The van der Waals surface area contributed by atoms with E-state index in [1.54, 1.807) is 42.5 Å². The standard InChI is InChI=1S/C16H12BrN3O3S.Na.H/c17-10-4-3-5-11(8-10)19-20-14-9-15(24(21,22)23)12-6-1-2-7-13(12)16(14)18;;/h1-9H,18H2,(H,21,22,23);;/q;+1;-1. The molecule has 0 unspecified atom stereocenters. The van der Waals surface area contributed by atoms with E-state index < -0.39 is 10.1 Å². The summed E-state index contributed by atoms with van der Waals surface area (Å²) < 4.78 is 33.6. The van der Waals surface area contributed by atoms with E-state index in [-0.39, 0.29) is 47.3 Å². The number of nitrogen functional groups attached to an aromatic ring is 1. The van der Waals surface area contributed by atoms with Crippen LogP contribution in [0.25, 0.3) is 10.8 Å². The van der Waals surface area contributed by atoms with Crippen LogP contribution >= 0.6 is 15.9 Å². The number of nitrogens with two attached hydrogens (primary N) is 1. The van der Waals surface area contributed by atoms with Crippen LogP contribution in [0.3, 0.4) is 0 Å². The molecule has 0 aliphatic heterocycles. The Hall–Kier alpha value is -1.29. The number of anilines is 1. The number of hydrogen-bond donors (Lipinski definition) is 2. The number of rotatable bonds is 3. The second-order valence-corrected chi connectivity index (χ2v) is 7.31. The first-order valence-corrected chi connectivity index (χ1v) is 9.05. The van der Waals surface area contributed by atoms with Gasteiger partial charge in [-0.3, -0.25) is 4.55 Å². The van der Waals surface area contributed by atoms with E-state index in [1.165, 1.54) is 6.07 Å². The molecule has 3 aromatic carbocycles. The SMILES string of the molecule is Nc1c(N=Nc2cccc(Br)c2)cc(S(=O)(=O)O)c2ccccc12.[H-].[Na+]. The zero-order valence-corrected chi connectivity index (χ0v) is 17.6. The molecule has 0 atom stereocenters. The molecular weight excluding hydrogens is 417 g/mol. The van der Waals surface area contributed by atoms with E-state index in [0.717, 1.165) is 4.47 Å². The molecule has 6 nitrogen and oxygen atoms in total. The van der Waals surface area contributed by atoms with Gasteiger partial charge < -0.3 is 7.16 Å². The van der Waals surface area contributed by atoms with Gasteiger partial charge in [0.1, 0.15) is 10.6 Å². The average Bonchev–Trinajstić information content (AvgIpc) is 2.53. The molecule has 25 heavy (non-hydrogen) atoms. The summed E-state index contributed by atoms with van der Waals surface area (Å²) in [6, 6.07) is 15.0. The van der Waals surface area contributed by atoms with Crippen molar-refractivity contribution < 1.29 is 44.0 Å². The first kappa shape index (κ1) is 20.0. The monoisotopic (exact) mass is 429 g/mol. The van der Waals surface area contributed by atoms with Gasteiger partial charge in [0.2, 0.25) is 0 Å². The van der Waals surface area contributed by atoms with E-state index in [2.05, 4.69) is 26.2 Å². The quantitative estimate of drug-likeness (QED) is 0.287. The Labute approximate surface area is 176 Å². The second kappa shape index (κ2) is 7.94. The minimum atomic E-state index is -4.42. The van der Waals surface area contributed by atoms with Crippen LogP contribution in [0.15, 0.2) is 74.2 Å². The fourth-order valence-electron chi connectivity index (χ4n) is 2.30. The summed E-state index contributed by atoms with van der Waals surface area (Å²) in [6.07, 6.45) is 0. The smallest absolute Gasteiger partial charge is 1.00 e. The molecule has 0 aromatic heterocycles. The summed E-state index contributed by atoms with van der Waals surface area (Å²) in [7, 11) is -4.42. The van der Waals surface area contributed by atoms with Crippen LogP contribution < -0.4 is 35.3 Å². The fourth-order valence-corrected chi connectivity index (χ4v) is 3.40. The molecule has 124 valence electrons. The Morgan fingerprint density at radius 1 is 1.00 bits per heavy atom. The number of benzene rings is 3. The molecular formula is C16H13BrN3NaO3S. The van der Waals surface area contributed by atoms with Gasteiger partial charge in [-0.25, -0.2) is 0 Å². The van der Waals surface area contributed by atoms with E-state index in [4.69, 9.17) is 5.73 Å². The molecule has 0 heterocycles. The summed E-state index contributed by atoms with van der Waals surface area (Å²) in [5.74, 6) is 0. The second-order valence-electron chi connectivity index (χ2n) is 5.01. The number of nitrogens with zero attached hydrogens (tertiary/aromatic N) is 2. The largest absolute Gasteiger partial charge is 1.00 e. The normalized spacial score (nSPS) is 11.6. The maximum Gasteiger partial charge on any atom is 1.00 e. The first-order valence-electron chi connectivity index (χ1n) is 6.82. The molecule has 0 bridgehead atoms. The Bertz CT molecular complexity index is 1080. The molecule has 0 spiro atoms. The van der Waals surface area contributed by atoms with E-state index in [0.29, 0.717) is 16.5 Å². The van der Waals surface area contributed by atoms with E-state index in [1.807, 2.05) is 6.07 Å². The van der Waals surface area contributed by atoms with Gasteiger partial charge in [-0.15, -0.1) is 5.11 Å². The van der Waals surface area contributed by atoms with Crippen molar-refractivity contribution in [1.29, 1.82) is 0 Å². The van der Waals surface area contributed by atoms with Gasteiger partial charge in [-0.2, -0.15) is 13.5 Å². The minimum Gasteiger partial charge on any atom is -1.00 e. The van der Waals surface area contributed by atoms with Crippen molar-refractivity contribution in [1.82, 2.24) is 0 Å². The zero-order chi connectivity index (χ0) is 17.3. The van der Waals surface area contributed by atoms with Crippen LogP contribution in [-0.4, -0.2) is 13.0 Å². The number of fused-ring (bicyclic) bond motifs is 1. The Morgan fingerprint density at radius 2 is 1.68 bits per heavy atom. The topological polar surface area (TPSA) is 105 Å². The number of azo groups is 1. The van der Waals surface area contributed by atoms with Gasteiger partial charge in [0.15, 0.2) is 0 Å². The Morgan fingerprint density at radius 3 is 2.32 bits per heavy atom. The molecule has 0 aliphatic rings. The summed E-state index contributed by atoms with van der Waals surface area (Å²) in [5.41, 5.74) is 7.12. The van der Waals surface area contributed by atoms with Gasteiger partial charge in [0.25, 0.3) is 10.1 Å². The molecule has 3 N–H and O–H groups in total. The van der Waals surface area contributed by atoms with Crippen LogP contribution in [0.5, 0.6) is 0 Å². The van der Waals surface area contributed by atoms with E-state index >= 15 is 0 Å². The zero-order valence-electron chi connectivity index (χ0n) is 14.2. The van der Waals surface area contributed by atoms with Crippen LogP contribution in [0.1, 0.15) is 1.43 Å². The van der Waals surface area contributed by atoms with Crippen molar-refractivity contribution in [2.45, 2.75) is 4.90 Å². The molecule has 3 aromatic rings. The predicted octanol–water partition coefficient (Wildman–Crippen LogP) is 1.96. The molecule has 0 amide bonds. The molecule has 9 heteroatoms. The Kier molecular flexibility index (Phi) is 6.36. The number of hydrogen-bond acceptors (Lipinski definition) is 5. The van der Waals surface area contributed by atoms with Crippen molar-refractivity contribution in [3.8, 4) is 0 Å². The van der Waals surface area contributed by atoms with Crippen LogP contribution in [-0.2, 0) is 10.1 Å². The van der Waals surface area contributed by atoms with Crippen molar-refractivity contribution in [3.05, 3.63) is 59.1 Å². The van der Waals surface area contributed by atoms with Gasteiger partial charge >= 0.3 is 29.6 Å². The molecule has 0 aliphatic carbocycles. The number of halogens is 1. The molecule has 0 saturated carbocycles. The third-order valence-corrected chi connectivity index (χ3v) is 4.77. The maximum atomic E-state index is 11.7. The van der Waals surface area contributed by atoms with Crippen LogP contribution in [0, 0.1) is 0 Å². The third kappa shape index (κ3) is 4.46. The van der Waals surface area contributed by atoms with Crippen LogP contribution in [0.4, 0.5) is 17.1 Å². The van der Waals surface area contributed by atoms with Crippen LogP contribution in [0.2, 0.25) is 0 Å². The predicted molar refractivity (Wildman–Crippen MR) is 97.6 cm³/mol. The maximum absolute atomic E-state index is 11.7. The van der Waals surface area contributed by atoms with Gasteiger partial charge in [0, 0.05) is 15.2 Å². The molecule has 0 fully saturated rings. The van der Waals surface area contributed by atoms with Crippen molar-refractivity contribution in [3.63, 3.8) is 0 Å². The van der Waals surface area contributed by atoms with Crippen molar-refractivity contribution in [2.75, 3.05) is 5.73 Å². The summed E-state index contributed by atoms with van der Waals surface area (Å²) in [6.45, 7) is 0. The fraction of sp³-hybridized carbons (Fsp3) is 0.